The van der Waals surface area contributed by atoms with E-state index in [4.69, 9.17) is 0 Å². The summed E-state index contributed by atoms with van der Waals surface area (Å²) in [5.41, 5.74) is -0.687. The smallest absolute Gasteiger partial charge is 0.407 e. The van der Waals surface area contributed by atoms with Crippen LogP contribution in [0, 0.1) is 5.41 Å². The largest absolute Gasteiger partial charge is 0.465 e. The molecule has 0 bridgehead atoms. The number of amides is 1. The predicted molar refractivity (Wildman–Crippen MR) is 72.0 cm³/mol. The molecule has 6 nitrogen and oxygen atoms in total. The number of hydrogen-bond acceptors (Lipinski definition) is 3. The molecule has 1 aliphatic rings. The Bertz CT molecular complexity index is 438. The van der Waals surface area contributed by atoms with E-state index in [1.165, 1.54) is 0 Å². The Morgan fingerprint density at radius 2 is 2.26 bits per heavy atom. The summed E-state index contributed by atoms with van der Waals surface area (Å²) >= 11 is 0. The summed E-state index contributed by atoms with van der Waals surface area (Å²) in [7, 11) is 0. The van der Waals surface area contributed by atoms with Gasteiger partial charge < -0.3 is 10.4 Å². The van der Waals surface area contributed by atoms with Crippen LogP contribution in [0.25, 0.3) is 0 Å². The highest BCUT2D eigenvalue weighted by atomic mass is 16.4. The molecular formula is C13H22N4O2. The first-order valence-electron chi connectivity index (χ1n) is 6.55. The summed E-state index contributed by atoms with van der Waals surface area (Å²) in [5.74, 6) is 0. The first kappa shape index (κ1) is 13.9. The fourth-order valence-electron chi connectivity index (χ4n) is 2.78. The summed E-state index contributed by atoms with van der Waals surface area (Å²) < 4.78 is 1.81. The Labute approximate surface area is 113 Å². The highest BCUT2D eigenvalue weighted by Crippen LogP contribution is 2.38. The third-order valence-corrected chi connectivity index (χ3v) is 4.06. The van der Waals surface area contributed by atoms with Crippen molar-refractivity contribution in [3.63, 3.8) is 0 Å². The van der Waals surface area contributed by atoms with Gasteiger partial charge in [0, 0.05) is 32.0 Å². The zero-order chi connectivity index (χ0) is 14.1. The third kappa shape index (κ3) is 2.45. The number of hydrogen-bond donors (Lipinski definition) is 2. The summed E-state index contributed by atoms with van der Waals surface area (Å²) in [6.45, 7) is 8.65. The van der Waals surface area contributed by atoms with Crippen molar-refractivity contribution in [1.29, 1.82) is 0 Å². The van der Waals surface area contributed by atoms with E-state index in [9.17, 15) is 9.90 Å². The molecule has 1 amide bonds. The summed E-state index contributed by atoms with van der Waals surface area (Å²) in [6.07, 6.45) is 2.74. The summed E-state index contributed by atoms with van der Waals surface area (Å²) in [5, 5.41) is 17.1. The van der Waals surface area contributed by atoms with Crippen molar-refractivity contribution in [1.82, 2.24) is 20.0 Å². The zero-order valence-electron chi connectivity index (χ0n) is 11.8. The standard InChI is InChI=1S/C13H22N4O2/c1-12(2,3)13(10-16-7-4-5-15-16)9-14-6-8-17(13)11(18)19/h4-5,7,14H,6,8-10H2,1-3H3,(H,18,19)/t13-/m1/s1. The maximum atomic E-state index is 11.6. The van der Waals surface area contributed by atoms with Gasteiger partial charge in [-0.25, -0.2) is 4.79 Å². The molecule has 19 heavy (non-hydrogen) atoms. The van der Waals surface area contributed by atoms with Crippen molar-refractivity contribution in [2.75, 3.05) is 19.6 Å². The van der Waals surface area contributed by atoms with Crippen LogP contribution in [0.1, 0.15) is 20.8 Å². The molecule has 0 spiro atoms. The van der Waals surface area contributed by atoms with Gasteiger partial charge in [-0.15, -0.1) is 0 Å². The van der Waals surface area contributed by atoms with Gasteiger partial charge in [0.1, 0.15) is 0 Å². The van der Waals surface area contributed by atoms with Crippen LogP contribution in [0.2, 0.25) is 0 Å². The van der Waals surface area contributed by atoms with Crippen LogP contribution in [-0.4, -0.2) is 51.1 Å². The van der Waals surface area contributed by atoms with Gasteiger partial charge in [-0.2, -0.15) is 5.10 Å². The van der Waals surface area contributed by atoms with Crippen molar-refractivity contribution in [3.8, 4) is 0 Å². The second kappa shape index (κ2) is 4.85. The Balaban J connectivity index is 2.40. The molecule has 1 fully saturated rings. The third-order valence-electron chi connectivity index (χ3n) is 4.06. The van der Waals surface area contributed by atoms with E-state index in [2.05, 4.69) is 31.2 Å². The number of carbonyl (C=O) groups is 1. The maximum absolute atomic E-state index is 11.6. The molecule has 1 aliphatic heterocycles. The molecule has 2 N–H and O–H groups in total. The average Bonchev–Trinajstić information content (AvgIpc) is 2.80. The van der Waals surface area contributed by atoms with Crippen LogP contribution < -0.4 is 5.32 Å². The van der Waals surface area contributed by atoms with Gasteiger partial charge in [0.2, 0.25) is 0 Å². The van der Waals surface area contributed by atoms with Crippen LogP contribution in [-0.2, 0) is 6.54 Å². The Morgan fingerprint density at radius 3 is 2.79 bits per heavy atom. The molecule has 1 atom stereocenters. The Hall–Kier alpha value is -1.56. The molecule has 1 aromatic rings. The molecule has 0 aromatic carbocycles. The van der Waals surface area contributed by atoms with Gasteiger partial charge in [-0.05, 0) is 11.5 Å². The first-order chi connectivity index (χ1) is 8.87. The second-order valence-corrected chi connectivity index (χ2v) is 6.10. The number of aromatic nitrogens is 2. The molecule has 0 radical (unpaired) electrons. The minimum absolute atomic E-state index is 0.190. The van der Waals surface area contributed by atoms with Gasteiger partial charge in [-0.1, -0.05) is 20.8 Å². The first-order valence-corrected chi connectivity index (χ1v) is 6.55. The minimum Gasteiger partial charge on any atom is -0.465 e. The van der Waals surface area contributed by atoms with Crippen LogP contribution in [0.5, 0.6) is 0 Å². The number of rotatable bonds is 2. The lowest BCUT2D eigenvalue weighted by molar-refractivity contribution is -0.0279. The van der Waals surface area contributed by atoms with Crippen molar-refractivity contribution in [2.45, 2.75) is 32.9 Å². The maximum Gasteiger partial charge on any atom is 0.407 e. The monoisotopic (exact) mass is 266 g/mol. The van der Waals surface area contributed by atoms with Crippen LogP contribution in [0.4, 0.5) is 4.79 Å². The SMILES string of the molecule is CC(C)(C)[C@]1(Cn2cccn2)CNCCN1C(=O)O. The van der Waals surface area contributed by atoms with E-state index in [1.54, 1.807) is 11.1 Å². The molecule has 1 saturated heterocycles. The van der Waals surface area contributed by atoms with Gasteiger partial charge in [0.25, 0.3) is 0 Å². The number of carboxylic acid groups (broad SMARTS) is 1. The minimum atomic E-state index is -0.858. The zero-order valence-corrected chi connectivity index (χ0v) is 11.8. The number of nitrogens with zero attached hydrogens (tertiary/aromatic N) is 3. The Morgan fingerprint density at radius 1 is 1.53 bits per heavy atom. The van der Waals surface area contributed by atoms with Crippen LogP contribution in [0.15, 0.2) is 18.5 Å². The topological polar surface area (TPSA) is 70.4 Å². The molecular weight excluding hydrogens is 244 g/mol. The molecule has 0 saturated carbocycles. The molecule has 6 heteroatoms. The summed E-state index contributed by atoms with van der Waals surface area (Å²) in [4.78, 5) is 13.2. The van der Waals surface area contributed by atoms with E-state index in [0.717, 1.165) is 0 Å². The van der Waals surface area contributed by atoms with Gasteiger partial charge in [0.05, 0.1) is 12.1 Å². The van der Waals surface area contributed by atoms with Gasteiger partial charge in [0.15, 0.2) is 0 Å². The van der Waals surface area contributed by atoms with E-state index >= 15 is 0 Å². The molecule has 0 unspecified atom stereocenters. The van der Waals surface area contributed by atoms with E-state index in [0.29, 0.717) is 26.2 Å². The fraction of sp³-hybridized carbons (Fsp3) is 0.692. The van der Waals surface area contributed by atoms with Crippen molar-refractivity contribution < 1.29 is 9.90 Å². The van der Waals surface area contributed by atoms with Crippen molar-refractivity contribution in [2.24, 2.45) is 5.41 Å². The normalized spacial score (nSPS) is 24.5. The van der Waals surface area contributed by atoms with Gasteiger partial charge >= 0.3 is 6.09 Å². The van der Waals surface area contributed by atoms with Crippen molar-refractivity contribution >= 4 is 6.09 Å². The molecule has 2 rings (SSSR count). The van der Waals surface area contributed by atoms with E-state index in [-0.39, 0.29) is 5.41 Å². The lowest BCUT2D eigenvalue weighted by Gasteiger charge is -2.53. The van der Waals surface area contributed by atoms with Gasteiger partial charge in [-0.3, -0.25) is 9.58 Å². The van der Waals surface area contributed by atoms with Crippen molar-refractivity contribution in [3.05, 3.63) is 18.5 Å². The van der Waals surface area contributed by atoms with E-state index in [1.807, 2.05) is 16.9 Å². The number of piperazine rings is 1. The number of nitrogens with one attached hydrogen (secondary N) is 1. The second-order valence-electron chi connectivity index (χ2n) is 6.10. The highest BCUT2D eigenvalue weighted by Gasteiger charge is 2.50. The average molecular weight is 266 g/mol. The molecule has 2 heterocycles. The predicted octanol–water partition coefficient (Wildman–Crippen LogP) is 1.25. The molecule has 0 aliphatic carbocycles. The fourth-order valence-corrected chi connectivity index (χ4v) is 2.78. The molecule has 106 valence electrons. The molecule has 1 aromatic heterocycles. The quantitative estimate of drug-likeness (QED) is 0.845. The summed E-state index contributed by atoms with van der Waals surface area (Å²) in [6, 6.07) is 1.86. The lowest BCUT2D eigenvalue weighted by atomic mass is 9.71. The lowest BCUT2D eigenvalue weighted by Crippen LogP contribution is -2.70. The highest BCUT2D eigenvalue weighted by molar-refractivity contribution is 5.66. The van der Waals surface area contributed by atoms with E-state index < -0.39 is 11.6 Å². The van der Waals surface area contributed by atoms with Crippen LogP contribution in [0.3, 0.4) is 0 Å². The Kier molecular flexibility index (Phi) is 3.54. The van der Waals surface area contributed by atoms with Crippen LogP contribution >= 0.6 is 0 Å².